The normalized spacial score (nSPS) is 14.8. The summed E-state index contributed by atoms with van der Waals surface area (Å²) in [6, 6.07) is 4.80. The zero-order valence-electron chi connectivity index (χ0n) is 12.0. The Morgan fingerprint density at radius 3 is 2.96 bits per heavy atom. The van der Waals surface area contributed by atoms with Gasteiger partial charge in [0.2, 0.25) is 5.88 Å². The first-order valence-electron chi connectivity index (χ1n) is 6.88. The van der Waals surface area contributed by atoms with E-state index in [-0.39, 0.29) is 18.8 Å². The van der Waals surface area contributed by atoms with Crippen molar-refractivity contribution >= 4 is 5.91 Å². The molecule has 0 saturated carbocycles. The van der Waals surface area contributed by atoms with Gasteiger partial charge in [-0.2, -0.15) is 18.3 Å². The van der Waals surface area contributed by atoms with Gasteiger partial charge in [0.25, 0.3) is 5.91 Å². The first-order valence-corrected chi connectivity index (χ1v) is 6.88. The second-order valence-corrected chi connectivity index (χ2v) is 5.06. The maximum atomic E-state index is 12.4. The lowest BCUT2D eigenvalue weighted by atomic mass is 10.2. The molecule has 0 atom stereocenters. The van der Waals surface area contributed by atoms with Crippen molar-refractivity contribution in [3.8, 4) is 5.88 Å². The topological polar surface area (TPSA) is 60.2 Å². The molecule has 3 rings (SSSR count). The van der Waals surface area contributed by atoms with Gasteiger partial charge in [0, 0.05) is 18.0 Å². The molecule has 9 heteroatoms. The molecule has 0 N–H and O–H groups in total. The highest BCUT2D eigenvalue weighted by Crippen LogP contribution is 2.21. The van der Waals surface area contributed by atoms with Crippen LogP contribution in [-0.4, -0.2) is 44.9 Å². The molecule has 2 aromatic rings. The minimum Gasteiger partial charge on any atom is -0.476 e. The summed E-state index contributed by atoms with van der Waals surface area (Å²) < 4.78 is 43.2. The van der Waals surface area contributed by atoms with Crippen LogP contribution in [0, 0.1) is 0 Å². The van der Waals surface area contributed by atoms with Crippen molar-refractivity contribution in [2.45, 2.75) is 19.3 Å². The Morgan fingerprint density at radius 1 is 1.35 bits per heavy atom. The zero-order chi connectivity index (χ0) is 16.4. The summed E-state index contributed by atoms with van der Waals surface area (Å²) in [5.41, 5.74) is 0.717. The van der Waals surface area contributed by atoms with Crippen molar-refractivity contribution < 1.29 is 22.7 Å². The highest BCUT2D eigenvalue weighted by Gasteiger charge is 2.29. The lowest BCUT2D eigenvalue weighted by Crippen LogP contribution is -2.33. The Bertz CT molecular complexity index is 714. The first kappa shape index (κ1) is 15.3. The second kappa shape index (κ2) is 5.90. The highest BCUT2D eigenvalue weighted by molar-refractivity contribution is 5.92. The molecule has 2 aromatic heterocycles. The van der Waals surface area contributed by atoms with E-state index in [0.29, 0.717) is 17.1 Å². The number of aromatic nitrogens is 3. The molecule has 122 valence electrons. The Balaban J connectivity index is 1.76. The van der Waals surface area contributed by atoms with E-state index < -0.39 is 18.6 Å². The van der Waals surface area contributed by atoms with Crippen molar-refractivity contribution in [2.24, 2.45) is 0 Å². The zero-order valence-corrected chi connectivity index (χ0v) is 12.0. The summed E-state index contributed by atoms with van der Waals surface area (Å²) in [6.45, 7) is -0.384. The predicted molar refractivity (Wildman–Crippen MR) is 72.8 cm³/mol. The van der Waals surface area contributed by atoms with Gasteiger partial charge in [0.15, 0.2) is 0 Å². The summed E-state index contributed by atoms with van der Waals surface area (Å²) in [4.78, 5) is 18.0. The number of rotatable bonds is 2. The number of hydrogen-bond acceptors (Lipinski definition) is 4. The van der Waals surface area contributed by atoms with E-state index >= 15 is 0 Å². The van der Waals surface area contributed by atoms with Gasteiger partial charge in [-0.15, -0.1) is 0 Å². The molecule has 0 bridgehead atoms. The van der Waals surface area contributed by atoms with Crippen LogP contribution in [0.25, 0.3) is 0 Å². The maximum Gasteiger partial charge on any atom is 0.408 e. The van der Waals surface area contributed by atoms with E-state index in [0.717, 1.165) is 11.8 Å². The Hall–Kier alpha value is -2.58. The molecule has 0 fully saturated rings. The largest absolute Gasteiger partial charge is 0.476 e. The predicted octanol–water partition coefficient (Wildman–Crippen LogP) is 1.88. The van der Waals surface area contributed by atoms with Gasteiger partial charge in [-0.3, -0.25) is 9.48 Å². The van der Waals surface area contributed by atoms with Crippen LogP contribution in [0.4, 0.5) is 13.2 Å². The molecule has 1 amide bonds. The number of alkyl halides is 3. The molecular weight excluding hydrogens is 313 g/mol. The number of ether oxygens (including phenoxy) is 1. The fourth-order valence-corrected chi connectivity index (χ4v) is 2.29. The van der Waals surface area contributed by atoms with Crippen LogP contribution < -0.4 is 4.74 Å². The van der Waals surface area contributed by atoms with Gasteiger partial charge in [0.1, 0.15) is 18.8 Å². The van der Waals surface area contributed by atoms with Gasteiger partial charge < -0.3 is 9.64 Å². The third-order valence-electron chi connectivity index (χ3n) is 3.30. The number of nitrogens with zero attached hydrogens (tertiary/aromatic N) is 4. The average molecular weight is 326 g/mol. The molecule has 0 unspecified atom stereocenters. The quantitative estimate of drug-likeness (QED) is 0.845. The van der Waals surface area contributed by atoms with E-state index in [9.17, 15) is 18.0 Å². The van der Waals surface area contributed by atoms with Crippen LogP contribution in [0.2, 0.25) is 0 Å². The molecular formula is C14H13F3N4O2. The summed E-state index contributed by atoms with van der Waals surface area (Å²) in [6.07, 6.45) is -1.65. The number of carbonyl (C=O) groups excluding carboxylic acids is 1. The molecule has 3 heterocycles. The van der Waals surface area contributed by atoms with Crippen LogP contribution in [0.3, 0.4) is 0 Å². The van der Waals surface area contributed by atoms with Crippen LogP contribution in [-0.2, 0) is 13.1 Å². The van der Waals surface area contributed by atoms with Crippen molar-refractivity contribution in [3.05, 3.63) is 41.9 Å². The SMILES string of the molecule is O=C(c1ccn(CC(F)(F)F)n1)N1CCOc2ncccc2C1. The van der Waals surface area contributed by atoms with Gasteiger partial charge >= 0.3 is 6.18 Å². The fourth-order valence-electron chi connectivity index (χ4n) is 2.29. The van der Waals surface area contributed by atoms with E-state index in [1.807, 2.05) is 0 Å². The Labute approximate surface area is 129 Å². The highest BCUT2D eigenvalue weighted by atomic mass is 19.4. The summed E-state index contributed by atoms with van der Waals surface area (Å²) >= 11 is 0. The summed E-state index contributed by atoms with van der Waals surface area (Å²) in [5.74, 6) is 0.0247. The van der Waals surface area contributed by atoms with Crippen molar-refractivity contribution in [2.75, 3.05) is 13.2 Å². The third-order valence-corrected chi connectivity index (χ3v) is 3.30. The fraction of sp³-hybridized carbons (Fsp3) is 0.357. The lowest BCUT2D eigenvalue weighted by Gasteiger charge is -2.18. The number of carbonyl (C=O) groups is 1. The number of halogens is 3. The van der Waals surface area contributed by atoms with Crippen molar-refractivity contribution in [3.63, 3.8) is 0 Å². The lowest BCUT2D eigenvalue weighted by molar-refractivity contribution is -0.142. The smallest absolute Gasteiger partial charge is 0.408 e. The molecule has 0 aromatic carbocycles. The molecule has 6 nitrogen and oxygen atoms in total. The molecule has 0 saturated heterocycles. The van der Waals surface area contributed by atoms with Gasteiger partial charge in [-0.05, 0) is 12.1 Å². The molecule has 1 aliphatic rings. The Morgan fingerprint density at radius 2 is 2.17 bits per heavy atom. The van der Waals surface area contributed by atoms with E-state index in [4.69, 9.17) is 4.74 Å². The van der Waals surface area contributed by atoms with Gasteiger partial charge in [-0.1, -0.05) is 6.07 Å². The van der Waals surface area contributed by atoms with Crippen LogP contribution in [0.5, 0.6) is 5.88 Å². The van der Waals surface area contributed by atoms with Crippen LogP contribution >= 0.6 is 0 Å². The maximum absolute atomic E-state index is 12.4. The first-order chi connectivity index (χ1) is 10.9. The van der Waals surface area contributed by atoms with E-state index in [2.05, 4.69) is 10.1 Å². The number of amides is 1. The second-order valence-electron chi connectivity index (χ2n) is 5.06. The average Bonchev–Trinajstić information content (AvgIpc) is 2.82. The number of pyridine rings is 1. The van der Waals surface area contributed by atoms with E-state index in [1.54, 1.807) is 18.3 Å². The standard InChI is InChI=1S/C14H13F3N4O2/c15-14(16,17)9-21-5-3-11(19-21)13(22)20-6-7-23-12-10(8-20)2-1-4-18-12/h1-5H,6-9H2. The molecule has 0 aliphatic carbocycles. The molecule has 0 spiro atoms. The van der Waals surface area contributed by atoms with Gasteiger partial charge in [0.05, 0.1) is 13.1 Å². The Kier molecular flexibility index (Phi) is 3.93. The van der Waals surface area contributed by atoms with Gasteiger partial charge in [-0.25, -0.2) is 4.98 Å². The molecule has 1 aliphatic heterocycles. The third kappa shape index (κ3) is 3.61. The van der Waals surface area contributed by atoms with E-state index in [1.165, 1.54) is 11.0 Å². The molecule has 0 radical (unpaired) electrons. The number of hydrogen-bond donors (Lipinski definition) is 0. The summed E-state index contributed by atoms with van der Waals surface area (Å²) in [7, 11) is 0. The summed E-state index contributed by atoms with van der Waals surface area (Å²) in [5, 5.41) is 3.71. The van der Waals surface area contributed by atoms with Crippen LogP contribution in [0.15, 0.2) is 30.6 Å². The van der Waals surface area contributed by atoms with Crippen molar-refractivity contribution in [1.82, 2.24) is 19.7 Å². The monoisotopic (exact) mass is 326 g/mol. The minimum absolute atomic E-state index is 0.0263. The minimum atomic E-state index is -4.38. The molecule has 23 heavy (non-hydrogen) atoms. The van der Waals surface area contributed by atoms with Crippen LogP contribution in [0.1, 0.15) is 16.1 Å². The number of fused-ring (bicyclic) bond motifs is 1. The van der Waals surface area contributed by atoms with Crippen molar-refractivity contribution in [1.29, 1.82) is 0 Å².